The molecule has 1 saturated heterocycles. The van der Waals surface area contributed by atoms with Gasteiger partial charge >= 0.3 is 0 Å². The van der Waals surface area contributed by atoms with E-state index in [0.29, 0.717) is 31.5 Å². The monoisotopic (exact) mass is 431 g/mol. The van der Waals surface area contributed by atoms with Gasteiger partial charge in [-0.1, -0.05) is 11.6 Å². The van der Waals surface area contributed by atoms with Gasteiger partial charge in [-0.15, -0.1) is 0 Å². The summed E-state index contributed by atoms with van der Waals surface area (Å²) in [7, 11) is 0. The second kappa shape index (κ2) is 8.71. The Bertz CT molecular complexity index is 1050. The van der Waals surface area contributed by atoms with E-state index in [1.165, 1.54) is 12.1 Å². The number of aromatic nitrogens is 1. The molecule has 0 saturated carbocycles. The minimum absolute atomic E-state index is 0.00268. The van der Waals surface area contributed by atoms with Crippen molar-refractivity contribution in [2.45, 2.75) is 18.9 Å². The normalized spacial score (nSPS) is 14.7. The van der Waals surface area contributed by atoms with Crippen molar-refractivity contribution in [2.24, 2.45) is 0 Å². The first-order chi connectivity index (χ1) is 14.5. The smallest absolute Gasteiger partial charge is 0.287 e. The molecule has 1 N–H and O–H groups in total. The van der Waals surface area contributed by atoms with Crippen LogP contribution in [0.3, 0.4) is 0 Å². The molecule has 1 aliphatic heterocycles. The number of carbonyl (C=O) groups excluding carboxylic acids is 2. The molecule has 156 valence electrons. The Hall–Kier alpha value is -3.13. The predicted molar refractivity (Wildman–Crippen MR) is 108 cm³/mol. The Morgan fingerprint density at radius 1 is 1.27 bits per heavy atom. The summed E-state index contributed by atoms with van der Waals surface area (Å²) in [4.78, 5) is 30.4. The van der Waals surface area contributed by atoms with E-state index < -0.39 is 5.82 Å². The molecular weight excluding hydrogens is 413 g/mol. The molecule has 0 bridgehead atoms. The Morgan fingerprint density at radius 2 is 2.07 bits per heavy atom. The first kappa shape index (κ1) is 20.2. The lowest BCUT2D eigenvalue weighted by atomic mass is 10.0. The molecule has 0 spiro atoms. The van der Waals surface area contributed by atoms with Gasteiger partial charge in [0.1, 0.15) is 11.6 Å². The lowest BCUT2D eigenvalue weighted by Crippen LogP contribution is -2.47. The van der Waals surface area contributed by atoms with Gasteiger partial charge in [-0.05, 0) is 37.1 Å². The van der Waals surface area contributed by atoms with Crippen LogP contribution in [0.25, 0.3) is 11.0 Å². The number of piperidine rings is 1. The summed E-state index contributed by atoms with van der Waals surface area (Å²) in [6.45, 7) is 0.795. The quantitative estimate of drug-likeness (QED) is 0.669. The number of pyridine rings is 1. The Kier molecular flexibility index (Phi) is 5.85. The number of nitrogens with zero attached hydrogens (tertiary/aromatic N) is 2. The summed E-state index contributed by atoms with van der Waals surface area (Å²) in [5, 5.41) is 3.76. The van der Waals surface area contributed by atoms with Crippen LogP contribution in [0.15, 0.2) is 47.1 Å². The first-order valence-corrected chi connectivity index (χ1v) is 9.87. The molecule has 3 heterocycles. The Morgan fingerprint density at radius 3 is 2.80 bits per heavy atom. The lowest BCUT2D eigenvalue weighted by Gasteiger charge is -2.32. The average Bonchev–Trinajstić information content (AvgIpc) is 3.19. The summed E-state index contributed by atoms with van der Waals surface area (Å²) < 4.78 is 24.3. The molecule has 0 atom stereocenters. The lowest BCUT2D eigenvalue weighted by molar-refractivity contribution is -0.134. The first-order valence-electron chi connectivity index (χ1n) is 9.49. The van der Waals surface area contributed by atoms with E-state index in [-0.39, 0.29) is 41.0 Å². The summed E-state index contributed by atoms with van der Waals surface area (Å²) in [5.74, 6) is -0.601. The van der Waals surface area contributed by atoms with Crippen LogP contribution in [-0.4, -0.2) is 47.4 Å². The largest absolute Gasteiger partial charge is 0.484 e. The molecule has 0 unspecified atom stereocenters. The molecule has 7 nitrogen and oxygen atoms in total. The molecule has 30 heavy (non-hydrogen) atoms. The molecular formula is C21H19ClFN3O4. The molecule has 1 aromatic carbocycles. The summed E-state index contributed by atoms with van der Waals surface area (Å²) in [5.41, 5.74) is 0.559. The van der Waals surface area contributed by atoms with E-state index in [9.17, 15) is 14.0 Å². The van der Waals surface area contributed by atoms with Crippen molar-refractivity contribution in [1.29, 1.82) is 0 Å². The van der Waals surface area contributed by atoms with Crippen LogP contribution in [0.1, 0.15) is 23.4 Å². The molecule has 9 heteroatoms. The summed E-state index contributed by atoms with van der Waals surface area (Å²) >= 11 is 5.63. The molecule has 1 aliphatic rings. The number of amides is 2. The molecule has 3 aromatic rings. The minimum atomic E-state index is -0.598. The topological polar surface area (TPSA) is 84.7 Å². The van der Waals surface area contributed by atoms with Crippen molar-refractivity contribution in [3.8, 4) is 5.75 Å². The minimum Gasteiger partial charge on any atom is -0.484 e. The van der Waals surface area contributed by atoms with E-state index >= 15 is 0 Å². The fraction of sp³-hybridized carbons (Fsp3) is 0.286. The molecule has 2 amide bonds. The van der Waals surface area contributed by atoms with E-state index in [0.717, 1.165) is 11.5 Å². The number of carbonyl (C=O) groups is 2. The SMILES string of the molecule is O=C(NC1CCN(C(=O)COc2ccc(Cl)c(F)c2)CC1)c1cc2ccncc2o1. The van der Waals surface area contributed by atoms with Crippen molar-refractivity contribution < 1.29 is 23.1 Å². The number of fused-ring (bicyclic) bond motifs is 1. The highest BCUT2D eigenvalue weighted by atomic mass is 35.5. The fourth-order valence-electron chi connectivity index (χ4n) is 3.33. The van der Waals surface area contributed by atoms with Gasteiger partial charge in [0.25, 0.3) is 11.8 Å². The zero-order valence-corrected chi connectivity index (χ0v) is 16.7. The number of nitrogens with one attached hydrogen (secondary N) is 1. The van der Waals surface area contributed by atoms with Crippen LogP contribution in [-0.2, 0) is 4.79 Å². The third kappa shape index (κ3) is 4.54. The number of hydrogen-bond acceptors (Lipinski definition) is 5. The van der Waals surface area contributed by atoms with Gasteiger partial charge in [-0.25, -0.2) is 4.39 Å². The standard InChI is InChI=1S/C21H19ClFN3O4/c22-16-2-1-15(10-17(16)23)29-12-20(27)26-7-4-14(5-8-26)25-21(28)18-9-13-3-6-24-11-19(13)30-18/h1-3,6,9-11,14H,4-5,7-8,12H2,(H,25,28). The maximum absolute atomic E-state index is 13.4. The predicted octanol–water partition coefficient (Wildman–Crippen LogP) is 3.42. The summed E-state index contributed by atoms with van der Waals surface area (Å²) in [6.07, 6.45) is 4.44. The van der Waals surface area contributed by atoms with Gasteiger partial charge in [0.15, 0.2) is 18.0 Å². The van der Waals surface area contributed by atoms with Crippen molar-refractivity contribution in [3.05, 3.63) is 59.3 Å². The Labute approximate surface area is 176 Å². The molecule has 1 fully saturated rings. The van der Waals surface area contributed by atoms with Crippen LogP contribution in [0.4, 0.5) is 4.39 Å². The van der Waals surface area contributed by atoms with E-state index in [1.807, 2.05) is 0 Å². The average molecular weight is 432 g/mol. The third-order valence-electron chi connectivity index (χ3n) is 4.98. The van der Waals surface area contributed by atoms with Crippen LogP contribution < -0.4 is 10.1 Å². The maximum atomic E-state index is 13.4. The number of benzene rings is 1. The number of ether oxygens (including phenoxy) is 1. The van der Waals surface area contributed by atoms with Gasteiger partial charge in [0.05, 0.1) is 11.2 Å². The van der Waals surface area contributed by atoms with Gasteiger partial charge in [0, 0.05) is 36.8 Å². The van der Waals surface area contributed by atoms with Crippen LogP contribution in [0.5, 0.6) is 5.75 Å². The van der Waals surface area contributed by atoms with E-state index in [2.05, 4.69) is 10.3 Å². The zero-order valence-electron chi connectivity index (χ0n) is 15.9. The molecule has 0 radical (unpaired) electrons. The molecule has 2 aromatic heterocycles. The molecule has 0 aliphatic carbocycles. The van der Waals surface area contributed by atoms with Gasteiger partial charge in [0.2, 0.25) is 0 Å². The number of furan rings is 1. The van der Waals surface area contributed by atoms with E-state index in [4.69, 9.17) is 20.8 Å². The number of likely N-dealkylation sites (tertiary alicyclic amines) is 1. The van der Waals surface area contributed by atoms with Gasteiger partial charge in [-0.3, -0.25) is 14.6 Å². The van der Waals surface area contributed by atoms with Gasteiger partial charge < -0.3 is 19.4 Å². The number of rotatable bonds is 5. The Balaban J connectivity index is 1.25. The second-order valence-electron chi connectivity index (χ2n) is 7.02. The van der Waals surface area contributed by atoms with Gasteiger partial charge in [-0.2, -0.15) is 0 Å². The maximum Gasteiger partial charge on any atom is 0.287 e. The highest BCUT2D eigenvalue weighted by Crippen LogP contribution is 2.21. The highest BCUT2D eigenvalue weighted by Gasteiger charge is 2.25. The van der Waals surface area contributed by atoms with Crippen LogP contribution >= 0.6 is 11.6 Å². The zero-order chi connectivity index (χ0) is 21.1. The van der Waals surface area contributed by atoms with Crippen molar-refractivity contribution >= 4 is 34.4 Å². The van der Waals surface area contributed by atoms with Crippen LogP contribution in [0.2, 0.25) is 5.02 Å². The summed E-state index contributed by atoms with van der Waals surface area (Å²) in [6, 6.07) is 7.44. The number of halogens is 2. The van der Waals surface area contributed by atoms with E-state index in [1.54, 1.807) is 29.4 Å². The second-order valence-corrected chi connectivity index (χ2v) is 7.42. The van der Waals surface area contributed by atoms with Crippen molar-refractivity contribution in [3.63, 3.8) is 0 Å². The fourth-order valence-corrected chi connectivity index (χ4v) is 3.45. The number of hydrogen-bond donors (Lipinski definition) is 1. The third-order valence-corrected chi connectivity index (χ3v) is 5.29. The van der Waals surface area contributed by atoms with Crippen molar-refractivity contribution in [1.82, 2.24) is 15.2 Å². The van der Waals surface area contributed by atoms with Crippen LogP contribution in [0, 0.1) is 5.82 Å². The molecule has 4 rings (SSSR count). The highest BCUT2D eigenvalue weighted by molar-refractivity contribution is 6.30. The van der Waals surface area contributed by atoms with Crippen molar-refractivity contribution in [2.75, 3.05) is 19.7 Å².